The molecule has 0 aliphatic rings. The lowest BCUT2D eigenvalue weighted by molar-refractivity contribution is -0.135. The van der Waals surface area contributed by atoms with E-state index in [2.05, 4.69) is 15.6 Å². The fourth-order valence-corrected chi connectivity index (χ4v) is 2.68. The van der Waals surface area contributed by atoms with Gasteiger partial charge in [-0.2, -0.15) is 0 Å². The molecule has 0 saturated carbocycles. The fraction of sp³-hybridized carbons (Fsp3) is 0.100. The molecular weight excluding hydrogens is 365 g/mol. The highest BCUT2D eigenvalue weighted by Gasteiger charge is 2.14. The summed E-state index contributed by atoms with van der Waals surface area (Å²) in [5, 5.41) is 13.9. The topological polar surface area (TPSA) is 108 Å². The SMILES string of the molecule is Cc1cc(C(=O)Nc2ccc(C(=O)NCC(=O)O)cc2)c2cc(F)ccc2n1. The molecule has 3 aromatic rings. The minimum Gasteiger partial charge on any atom is -0.480 e. The standard InChI is InChI=1S/C20H16FN3O4/c1-11-8-16(15-9-13(21)4-7-17(15)23-11)20(28)24-14-5-2-12(3-6-14)19(27)22-10-18(25)26/h2-9H,10H2,1H3,(H,22,27)(H,24,28)(H,25,26). The molecule has 0 fully saturated rings. The van der Waals surface area contributed by atoms with Crippen molar-refractivity contribution >= 4 is 34.4 Å². The van der Waals surface area contributed by atoms with E-state index in [0.717, 1.165) is 0 Å². The molecular formula is C20H16FN3O4. The van der Waals surface area contributed by atoms with Gasteiger partial charge in [-0.05, 0) is 55.5 Å². The van der Waals surface area contributed by atoms with E-state index in [0.29, 0.717) is 22.3 Å². The van der Waals surface area contributed by atoms with Gasteiger partial charge in [-0.25, -0.2) is 4.39 Å². The first-order valence-corrected chi connectivity index (χ1v) is 8.32. The molecule has 3 rings (SSSR count). The maximum Gasteiger partial charge on any atom is 0.322 e. The van der Waals surface area contributed by atoms with Gasteiger partial charge in [0.2, 0.25) is 0 Å². The summed E-state index contributed by atoms with van der Waals surface area (Å²) in [6.07, 6.45) is 0. The molecule has 1 heterocycles. The van der Waals surface area contributed by atoms with E-state index < -0.39 is 30.1 Å². The van der Waals surface area contributed by atoms with Crippen LogP contribution in [0.1, 0.15) is 26.4 Å². The van der Waals surface area contributed by atoms with E-state index in [1.165, 1.54) is 42.5 Å². The zero-order valence-corrected chi connectivity index (χ0v) is 14.8. The van der Waals surface area contributed by atoms with Crippen LogP contribution in [0.3, 0.4) is 0 Å². The van der Waals surface area contributed by atoms with Crippen LogP contribution in [-0.2, 0) is 4.79 Å². The van der Waals surface area contributed by atoms with Crippen molar-refractivity contribution in [1.29, 1.82) is 0 Å². The molecule has 0 aliphatic carbocycles. The summed E-state index contributed by atoms with van der Waals surface area (Å²) in [4.78, 5) is 39.3. The van der Waals surface area contributed by atoms with Gasteiger partial charge in [-0.3, -0.25) is 19.4 Å². The van der Waals surface area contributed by atoms with Crippen LogP contribution < -0.4 is 10.6 Å². The number of anilines is 1. The van der Waals surface area contributed by atoms with Crippen LogP contribution in [0.5, 0.6) is 0 Å². The van der Waals surface area contributed by atoms with Crippen molar-refractivity contribution in [3.63, 3.8) is 0 Å². The van der Waals surface area contributed by atoms with Crippen molar-refractivity contribution in [3.05, 3.63) is 71.2 Å². The Kier molecular flexibility index (Phi) is 5.30. The predicted octanol–water partition coefficient (Wildman–Crippen LogP) is 2.75. The Labute approximate surface area is 159 Å². The number of aromatic nitrogens is 1. The number of nitrogens with one attached hydrogen (secondary N) is 2. The van der Waals surface area contributed by atoms with E-state index in [9.17, 15) is 18.8 Å². The molecule has 142 valence electrons. The highest BCUT2D eigenvalue weighted by molar-refractivity contribution is 6.12. The fourth-order valence-electron chi connectivity index (χ4n) is 2.68. The highest BCUT2D eigenvalue weighted by Crippen LogP contribution is 2.21. The number of fused-ring (bicyclic) bond motifs is 1. The van der Waals surface area contributed by atoms with Crippen LogP contribution in [-0.4, -0.2) is 34.4 Å². The molecule has 3 N–H and O–H groups in total. The lowest BCUT2D eigenvalue weighted by atomic mass is 10.1. The average molecular weight is 381 g/mol. The Balaban J connectivity index is 1.80. The summed E-state index contributed by atoms with van der Waals surface area (Å²) in [7, 11) is 0. The van der Waals surface area contributed by atoms with Crippen LogP contribution in [0.2, 0.25) is 0 Å². The zero-order valence-electron chi connectivity index (χ0n) is 14.8. The number of hydrogen-bond donors (Lipinski definition) is 3. The van der Waals surface area contributed by atoms with Crippen LogP contribution >= 0.6 is 0 Å². The first kappa shape index (κ1) is 19.0. The van der Waals surface area contributed by atoms with Crippen molar-refractivity contribution in [3.8, 4) is 0 Å². The van der Waals surface area contributed by atoms with E-state index in [1.54, 1.807) is 13.0 Å². The van der Waals surface area contributed by atoms with Gasteiger partial charge in [0.25, 0.3) is 11.8 Å². The molecule has 0 radical (unpaired) electrons. The van der Waals surface area contributed by atoms with E-state index in [1.807, 2.05) is 0 Å². The molecule has 2 amide bonds. The van der Waals surface area contributed by atoms with Crippen LogP contribution in [0, 0.1) is 12.7 Å². The maximum atomic E-state index is 13.6. The number of benzene rings is 2. The number of pyridine rings is 1. The lowest BCUT2D eigenvalue weighted by Crippen LogP contribution is -2.29. The number of carbonyl (C=O) groups excluding carboxylic acids is 2. The molecule has 0 atom stereocenters. The smallest absolute Gasteiger partial charge is 0.322 e. The van der Waals surface area contributed by atoms with Crippen LogP contribution in [0.25, 0.3) is 10.9 Å². The Morgan fingerprint density at radius 1 is 1.04 bits per heavy atom. The monoisotopic (exact) mass is 381 g/mol. The Morgan fingerprint density at radius 2 is 1.75 bits per heavy atom. The minimum absolute atomic E-state index is 0.256. The summed E-state index contributed by atoms with van der Waals surface area (Å²) < 4.78 is 13.6. The Bertz CT molecular complexity index is 1080. The minimum atomic E-state index is -1.14. The number of aliphatic carboxylic acids is 1. The largest absolute Gasteiger partial charge is 0.480 e. The lowest BCUT2D eigenvalue weighted by Gasteiger charge is -2.10. The van der Waals surface area contributed by atoms with Gasteiger partial charge in [0, 0.05) is 22.3 Å². The third-order valence-electron chi connectivity index (χ3n) is 3.95. The van der Waals surface area contributed by atoms with Gasteiger partial charge in [-0.1, -0.05) is 0 Å². The van der Waals surface area contributed by atoms with Crippen LogP contribution in [0.4, 0.5) is 10.1 Å². The molecule has 0 bridgehead atoms. The van der Waals surface area contributed by atoms with Crippen LogP contribution in [0.15, 0.2) is 48.5 Å². The zero-order chi connectivity index (χ0) is 20.3. The number of carboxylic acids is 1. The molecule has 1 aromatic heterocycles. The average Bonchev–Trinajstić information content (AvgIpc) is 2.66. The molecule has 7 nitrogen and oxygen atoms in total. The highest BCUT2D eigenvalue weighted by atomic mass is 19.1. The molecule has 8 heteroatoms. The van der Waals surface area contributed by atoms with Crippen molar-refractivity contribution in [1.82, 2.24) is 10.3 Å². The number of carboxylic acid groups (broad SMARTS) is 1. The summed E-state index contributed by atoms with van der Waals surface area (Å²) in [5.41, 5.74) is 2.10. The number of rotatable bonds is 5. The summed E-state index contributed by atoms with van der Waals surface area (Å²) in [6, 6.07) is 11.6. The predicted molar refractivity (Wildman–Crippen MR) is 101 cm³/mol. The van der Waals surface area contributed by atoms with E-state index >= 15 is 0 Å². The van der Waals surface area contributed by atoms with Crippen molar-refractivity contribution in [2.24, 2.45) is 0 Å². The van der Waals surface area contributed by atoms with Crippen molar-refractivity contribution in [2.45, 2.75) is 6.92 Å². The first-order chi connectivity index (χ1) is 13.3. The second-order valence-corrected chi connectivity index (χ2v) is 6.08. The number of amides is 2. The van der Waals surface area contributed by atoms with Gasteiger partial charge < -0.3 is 15.7 Å². The molecule has 0 unspecified atom stereocenters. The van der Waals surface area contributed by atoms with Gasteiger partial charge in [-0.15, -0.1) is 0 Å². The van der Waals surface area contributed by atoms with Gasteiger partial charge in [0.05, 0.1) is 11.1 Å². The summed E-state index contributed by atoms with van der Waals surface area (Å²) in [6.45, 7) is 1.26. The summed E-state index contributed by atoms with van der Waals surface area (Å²) in [5.74, 6) is -2.59. The first-order valence-electron chi connectivity index (χ1n) is 8.32. The maximum absolute atomic E-state index is 13.6. The van der Waals surface area contributed by atoms with E-state index in [4.69, 9.17) is 5.11 Å². The number of carbonyl (C=O) groups is 3. The third-order valence-corrected chi connectivity index (χ3v) is 3.95. The molecule has 0 spiro atoms. The molecule has 2 aromatic carbocycles. The van der Waals surface area contributed by atoms with Gasteiger partial charge in [0.15, 0.2) is 0 Å². The number of hydrogen-bond acceptors (Lipinski definition) is 4. The third kappa shape index (κ3) is 4.29. The van der Waals surface area contributed by atoms with Crippen molar-refractivity contribution < 1.29 is 23.9 Å². The van der Waals surface area contributed by atoms with E-state index in [-0.39, 0.29) is 11.1 Å². The molecule has 0 saturated heterocycles. The number of aryl methyl sites for hydroxylation is 1. The Morgan fingerprint density at radius 3 is 2.43 bits per heavy atom. The van der Waals surface area contributed by atoms with Gasteiger partial charge in [0.1, 0.15) is 12.4 Å². The normalized spacial score (nSPS) is 10.5. The van der Waals surface area contributed by atoms with Gasteiger partial charge >= 0.3 is 5.97 Å². The Hall–Kier alpha value is -3.81. The number of nitrogens with zero attached hydrogens (tertiary/aromatic N) is 1. The molecule has 28 heavy (non-hydrogen) atoms. The molecule has 0 aliphatic heterocycles. The van der Waals surface area contributed by atoms with Crippen molar-refractivity contribution in [2.75, 3.05) is 11.9 Å². The second-order valence-electron chi connectivity index (χ2n) is 6.08. The summed E-state index contributed by atoms with van der Waals surface area (Å²) >= 11 is 0. The quantitative estimate of drug-likeness (QED) is 0.630. The number of halogens is 1. The second kappa shape index (κ2) is 7.83.